The Labute approximate surface area is 173 Å². The lowest BCUT2D eigenvalue weighted by Gasteiger charge is -2.09. The highest BCUT2D eigenvalue weighted by molar-refractivity contribution is 7.18. The highest BCUT2D eigenvalue weighted by Gasteiger charge is 2.11. The summed E-state index contributed by atoms with van der Waals surface area (Å²) in [6.07, 6.45) is 0.348. The molecule has 0 aliphatic carbocycles. The number of amides is 1. The number of aryl methyl sites for hydroxylation is 2. The van der Waals surface area contributed by atoms with Gasteiger partial charge in [-0.1, -0.05) is 35.9 Å². The Morgan fingerprint density at radius 2 is 1.89 bits per heavy atom. The van der Waals surface area contributed by atoms with E-state index in [9.17, 15) is 9.59 Å². The maximum atomic E-state index is 12.1. The standard InChI is InChI=1S/C21H22ClN3O2S/c1-14-10-15(2)25(24-14)13-17-5-3-4-16(11-17)12-23-21(27)9-6-18(26)19-7-8-20(22)28-19/h3-5,7-8,10-11H,6,9,12-13H2,1-2H3,(H,23,27). The van der Waals surface area contributed by atoms with Crippen LogP contribution in [0, 0.1) is 13.8 Å². The SMILES string of the molecule is Cc1cc(C)n(Cc2cccc(CNC(=O)CCC(=O)c3ccc(Cl)s3)c2)n1. The highest BCUT2D eigenvalue weighted by atomic mass is 35.5. The van der Waals surface area contributed by atoms with Crippen molar-refractivity contribution in [2.75, 3.05) is 0 Å². The van der Waals surface area contributed by atoms with Crippen LogP contribution in [0.3, 0.4) is 0 Å². The van der Waals surface area contributed by atoms with Crippen molar-refractivity contribution in [3.05, 3.63) is 74.2 Å². The maximum Gasteiger partial charge on any atom is 0.220 e. The second kappa shape index (κ2) is 9.17. The summed E-state index contributed by atoms with van der Waals surface area (Å²) >= 11 is 7.08. The van der Waals surface area contributed by atoms with Gasteiger partial charge in [0.25, 0.3) is 0 Å². The number of ketones is 1. The van der Waals surface area contributed by atoms with Crippen LogP contribution in [0.2, 0.25) is 4.34 Å². The molecule has 1 N–H and O–H groups in total. The van der Waals surface area contributed by atoms with E-state index in [4.69, 9.17) is 11.6 Å². The van der Waals surface area contributed by atoms with Gasteiger partial charge in [-0.3, -0.25) is 14.3 Å². The first-order valence-electron chi connectivity index (χ1n) is 9.05. The number of aromatic nitrogens is 2. The number of carbonyl (C=O) groups is 2. The summed E-state index contributed by atoms with van der Waals surface area (Å²) < 4.78 is 2.54. The first-order valence-corrected chi connectivity index (χ1v) is 10.2. The van der Waals surface area contributed by atoms with E-state index in [1.165, 1.54) is 11.3 Å². The maximum absolute atomic E-state index is 12.1. The molecular formula is C21H22ClN3O2S. The molecule has 0 saturated heterocycles. The third kappa shape index (κ3) is 5.53. The zero-order valence-corrected chi connectivity index (χ0v) is 17.4. The largest absolute Gasteiger partial charge is 0.352 e. The van der Waals surface area contributed by atoms with Crippen molar-refractivity contribution >= 4 is 34.6 Å². The summed E-state index contributed by atoms with van der Waals surface area (Å²) in [5, 5.41) is 7.37. The van der Waals surface area contributed by atoms with E-state index in [-0.39, 0.29) is 24.5 Å². The smallest absolute Gasteiger partial charge is 0.220 e. The number of Topliss-reactive ketones (excluding diaryl/α,β-unsaturated/α-hetero) is 1. The van der Waals surface area contributed by atoms with E-state index in [1.807, 2.05) is 36.7 Å². The molecule has 0 radical (unpaired) electrons. The number of thiophene rings is 1. The van der Waals surface area contributed by atoms with Crippen molar-refractivity contribution in [2.24, 2.45) is 0 Å². The van der Waals surface area contributed by atoms with E-state index >= 15 is 0 Å². The van der Waals surface area contributed by atoms with Crippen LogP contribution in [-0.4, -0.2) is 21.5 Å². The molecule has 2 aromatic heterocycles. The number of hydrogen-bond acceptors (Lipinski definition) is 4. The van der Waals surface area contributed by atoms with Crippen molar-refractivity contribution in [2.45, 2.75) is 39.8 Å². The average molecular weight is 416 g/mol. The molecule has 0 spiro atoms. The molecule has 0 bridgehead atoms. The molecule has 0 saturated carbocycles. The van der Waals surface area contributed by atoms with Gasteiger partial charge in [-0.2, -0.15) is 5.10 Å². The summed E-state index contributed by atoms with van der Waals surface area (Å²) in [4.78, 5) is 24.7. The number of nitrogens with zero attached hydrogens (tertiary/aromatic N) is 2. The molecular weight excluding hydrogens is 394 g/mol. The van der Waals surface area contributed by atoms with Gasteiger partial charge in [-0.25, -0.2) is 0 Å². The van der Waals surface area contributed by atoms with E-state index in [0.717, 1.165) is 22.5 Å². The fraction of sp³-hybridized carbons (Fsp3) is 0.286. The average Bonchev–Trinajstić information content (AvgIpc) is 3.23. The Balaban J connectivity index is 1.49. The topological polar surface area (TPSA) is 64.0 Å². The van der Waals surface area contributed by atoms with Crippen molar-refractivity contribution in [3.63, 3.8) is 0 Å². The van der Waals surface area contributed by atoms with Crippen molar-refractivity contribution in [1.82, 2.24) is 15.1 Å². The Hall–Kier alpha value is -2.44. The Morgan fingerprint density at radius 3 is 2.57 bits per heavy atom. The van der Waals surface area contributed by atoms with E-state index in [2.05, 4.69) is 22.5 Å². The van der Waals surface area contributed by atoms with Crippen LogP contribution in [0.1, 0.15) is 45.0 Å². The van der Waals surface area contributed by atoms with Crippen LogP contribution in [0.15, 0.2) is 42.5 Å². The minimum atomic E-state index is -0.139. The summed E-state index contributed by atoms with van der Waals surface area (Å²) in [6, 6.07) is 13.5. The lowest BCUT2D eigenvalue weighted by molar-refractivity contribution is -0.121. The molecule has 28 heavy (non-hydrogen) atoms. The normalized spacial score (nSPS) is 10.8. The first kappa shape index (κ1) is 20.3. The van der Waals surface area contributed by atoms with Gasteiger partial charge in [0, 0.05) is 25.1 Å². The van der Waals surface area contributed by atoms with Gasteiger partial charge < -0.3 is 5.32 Å². The third-order valence-corrected chi connectivity index (χ3v) is 5.62. The predicted octanol–water partition coefficient (Wildman–Crippen LogP) is 4.54. The molecule has 0 aliphatic rings. The Kier molecular flexibility index (Phi) is 6.65. The summed E-state index contributed by atoms with van der Waals surface area (Å²) in [5.41, 5.74) is 4.26. The second-order valence-electron chi connectivity index (χ2n) is 6.71. The minimum absolute atomic E-state index is 0.0565. The molecule has 1 amide bonds. The lowest BCUT2D eigenvalue weighted by atomic mass is 10.1. The van der Waals surface area contributed by atoms with Crippen LogP contribution < -0.4 is 5.32 Å². The molecule has 0 unspecified atom stereocenters. The van der Waals surface area contributed by atoms with Gasteiger partial charge in [-0.15, -0.1) is 11.3 Å². The van der Waals surface area contributed by atoms with E-state index in [0.29, 0.717) is 22.3 Å². The van der Waals surface area contributed by atoms with E-state index < -0.39 is 0 Å². The van der Waals surface area contributed by atoms with Crippen molar-refractivity contribution in [3.8, 4) is 0 Å². The zero-order valence-electron chi connectivity index (χ0n) is 15.9. The molecule has 0 fully saturated rings. The molecule has 1 aromatic carbocycles. The fourth-order valence-electron chi connectivity index (χ4n) is 2.95. The van der Waals surface area contributed by atoms with Crippen LogP contribution in [0.25, 0.3) is 0 Å². The number of rotatable bonds is 8. The number of hydrogen-bond donors (Lipinski definition) is 1. The number of nitrogens with one attached hydrogen (secondary N) is 1. The first-order chi connectivity index (χ1) is 13.4. The molecule has 0 aliphatic heterocycles. The quantitative estimate of drug-likeness (QED) is 0.549. The zero-order chi connectivity index (χ0) is 20.1. The van der Waals surface area contributed by atoms with Crippen molar-refractivity contribution in [1.29, 1.82) is 0 Å². The number of halogens is 1. The molecule has 3 aromatic rings. The highest BCUT2D eigenvalue weighted by Crippen LogP contribution is 2.22. The summed E-state index contributed by atoms with van der Waals surface area (Å²) in [7, 11) is 0. The van der Waals surface area contributed by atoms with Gasteiger partial charge >= 0.3 is 0 Å². The molecule has 3 rings (SSSR count). The number of benzene rings is 1. The van der Waals surface area contributed by atoms with Crippen LogP contribution in [-0.2, 0) is 17.9 Å². The lowest BCUT2D eigenvalue weighted by Crippen LogP contribution is -2.23. The monoisotopic (exact) mass is 415 g/mol. The summed E-state index contributed by atoms with van der Waals surface area (Å²) in [5.74, 6) is -0.195. The second-order valence-corrected chi connectivity index (χ2v) is 8.42. The molecule has 2 heterocycles. The van der Waals surface area contributed by atoms with Gasteiger partial charge in [0.05, 0.1) is 21.5 Å². The van der Waals surface area contributed by atoms with Crippen molar-refractivity contribution < 1.29 is 9.59 Å². The third-order valence-electron chi connectivity index (χ3n) is 4.34. The van der Waals surface area contributed by atoms with Crippen LogP contribution >= 0.6 is 22.9 Å². The molecule has 7 heteroatoms. The predicted molar refractivity (Wildman–Crippen MR) is 112 cm³/mol. The Morgan fingerprint density at radius 1 is 1.11 bits per heavy atom. The van der Waals surface area contributed by atoms with E-state index in [1.54, 1.807) is 12.1 Å². The molecule has 146 valence electrons. The molecule has 5 nitrogen and oxygen atoms in total. The van der Waals surface area contributed by atoms with Crippen LogP contribution in [0.4, 0.5) is 0 Å². The van der Waals surface area contributed by atoms with Crippen LogP contribution in [0.5, 0.6) is 0 Å². The summed E-state index contributed by atoms with van der Waals surface area (Å²) in [6.45, 7) is 5.14. The fourth-order valence-corrected chi connectivity index (χ4v) is 3.96. The van der Waals surface area contributed by atoms with Gasteiger partial charge in [-0.05, 0) is 43.2 Å². The molecule has 0 atom stereocenters. The Bertz CT molecular complexity index is 993. The number of carbonyl (C=O) groups excluding carboxylic acids is 2. The minimum Gasteiger partial charge on any atom is -0.352 e. The van der Waals surface area contributed by atoms with Gasteiger partial charge in [0.15, 0.2) is 5.78 Å². The van der Waals surface area contributed by atoms with Gasteiger partial charge in [0.1, 0.15) is 0 Å². The van der Waals surface area contributed by atoms with Gasteiger partial charge in [0.2, 0.25) is 5.91 Å².